The van der Waals surface area contributed by atoms with Crippen LogP contribution >= 0.6 is 0 Å². The van der Waals surface area contributed by atoms with Crippen molar-refractivity contribution in [2.45, 2.75) is 38.9 Å². The predicted molar refractivity (Wildman–Crippen MR) is 77.4 cm³/mol. The average Bonchev–Trinajstić information content (AvgIpc) is 2.45. The summed E-state index contributed by atoms with van der Waals surface area (Å²) in [7, 11) is 0. The summed E-state index contributed by atoms with van der Waals surface area (Å²) in [6.45, 7) is 7.73. The maximum Gasteiger partial charge on any atom is 0.0953 e. The molecule has 0 saturated carbocycles. The van der Waals surface area contributed by atoms with Gasteiger partial charge in [0.15, 0.2) is 0 Å². The molecule has 1 aliphatic rings. The third-order valence-electron chi connectivity index (χ3n) is 3.55. The zero-order valence-electron chi connectivity index (χ0n) is 12.0. The topological polar surface area (TPSA) is 30.5 Å². The summed E-state index contributed by atoms with van der Waals surface area (Å²) in [4.78, 5) is 0. The van der Waals surface area contributed by atoms with Crippen LogP contribution in [0.25, 0.3) is 0 Å². The van der Waals surface area contributed by atoms with Gasteiger partial charge in [0.25, 0.3) is 0 Å². The Kier molecular flexibility index (Phi) is 5.83. The van der Waals surface area contributed by atoms with Gasteiger partial charge in [0, 0.05) is 19.8 Å². The van der Waals surface area contributed by atoms with Gasteiger partial charge in [-0.3, -0.25) is 0 Å². The van der Waals surface area contributed by atoms with Crippen molar-refractivity contribution in [3.05, 3.63) is 35.4 Å². The van der Waals surface area contributed by atoms with E-state index >= 15 is 0 Å². The molecule has 1 saturated heterocycles. The fraction of sp³-hybridized carbons (Fsp3) is 0.625. The Hall–Kier alpha value is -0.900. The van der Waals surface area contributed by atoms with E-state index in [-0.39, 0.29) is 6.10 Å². The first-order valence-electron chi connectivity index (χ1n) is 7.30. The van der Waals surface area contributed by atoms with Crippen LogP contribution in [0.2, 0.25) is 0 Å². The van der Waals surface area contributed by atoms with Crippen LogP contribution in [0.4, 0.5) is 0 Å². The van der Waals surface area contributed by atoms with Crippen molar-refractivity contribution in [3.63, 3.8) is 0 Å². The molecule has 0 aromatic heterocycles. The van der Waals surface area contributed by atoms with Gasteiger partial charge in [-0.2, -0.15) is 0 Å². The second-order valence-electron chi connectivity index (χ2n) is 5.15. The van der Waals surface area contributed by atoms with E-state index in [1.54, 1.807) is 0 Å². The van der Waals surface area contributed by atoms with Gasteiger partial charge in [-0.1, -0.05) is 36.8 Å². The molecule has 1 N–H and O–H groups in total. The molecule has 1 heterocycles. The Morgan fingerprint density at radius 3 is 2.58 bits per heavy atom. The van der Waals surface area contributed by atoms with E-state index in [0.717, 1.165) is 39.1 Å². The molecule has 2 rings (SSSR count). The fourth-order valence-corrected chi connectivity index (χ4v) is 2.35. The quantitative estimate of drug-likeness (QED) is 0.856. The third kappa shape index (κ3) is 4.60. The molecule has 1 unspecified atom stereocenters. The smallest absolute Gasteiger partial charge is 0.0953 e. The van der Waals surface area contributed by atoms with Crippen LogP contribution in [-0.4, -0.2) is 32.4 Å². The Bertz CT molecular complexity index is 358. The monoisotopic (exact) mass is 263 g/mol. The average molecular weight is 263 g/mol. The highest BCUT2D eigenvalue weighted by Gasteiger charge is 2.20. The SMILES string of the molecule is CCNCC(OC1CCOCC1)c1ccc(C)cc1. The first kappa shape index (κ1) is 14.5. The second-order valence-corrected chi connectivity index (χ2v) is 5.15. The maximum absolute atomic E-state index is 6.28. The van der Waals surface area contributed by atoms with Gasteiger partial charge in [0.05, 0.1) is 12.2 Å². The summed E-state index contributed by atoms with van der Waals surface area (Å²) in [5.74, 6) is 0. The highest BCUT2D eigenvalue weighted by atomic mass is 16.5. The molecule has 0 bridgehead atoms. The fourth-order valence-electron chi connectivity index (χ4n) is 2.35. The summed E-state index contributed by atoms with van der Waals surface area (Å²) >= 11 is 0. The Morgan fingerprint density at radius 2 is 1.95 bits per heavy atom. The van der Waals surface area contributed by atoms with Gasteiger partial charge < -0.3 is 14.8 Å². The van der Waals surface area contributed by atoms with E-state index in [1.807, 2.05) is 0 Å². The number of hydrogen-bond donors (Lipinski definition) is 1. The van der Waals surface area contributed by atoms with E-state index in [2.05, 4.69) is 43.4 Å². The van der Waals surface area contributed by atoms with Crippen molar-refractivity contribution in [2.24, 2.45) is 0 Å². The molecule has 19 heavy (non-hydrogen) atoms. The second kappa shape index (κ2) is 7.63. The van der Waals surface area contributed by atoms with Gasteiger partial charge >= 0.3 is 0 Å². The number of likely N-dealkylation sites (N-methyl/N-ethyl adjacent to an activating group) is 1. The van der Waals surface area contributed by atoms with Crippen molar-refractivity contribution in [3.8, 4) is 0 Å². The molecule has 3 nitrogen and oxygen atoms in total. The minimum atomic E-state index is 0.142. The molecule has 1 aromatic carbocycles. The van der Waals surface area contributed by atoms with Gasteiger partial charge in [-0.15, -0.1) is 0 Å². The highest BCUT2D eigenvalue weighted by Crippen LogP contribution is 2.23. The Labute approximate surface area is 116 Å². The number of aryl methyl sites for hydroxylation is 1. The van der Waals surface area contributed by atoms with E-state index in [1.165, 1.54) is 11.1 Å². The highest BCUT2D eigenvalue weighted by molar-refractivity contribution is 5.23. The molecule has 0 spiro atoms. The lowest BCUT2D eigenvalue weighted by atomic mass is 10.1. The van der Waals surface area contributed by atoms with Crippen LogP contribution in [0.3, 0.4) is 0 Å². The van der Waals surface area contributed by atoms with Crippen LogP contribution in [0.1, 0.15) is 37.0 Å². The van der Waals surface area contributed by atoms with Crippen LogP contribution in [0.5, 0.6) is 0 Å². The lowest BCUT2D eigenvalue weighted by Gasteiger charge is -2.28. The van der Waals surface area contributed by atoms with Crippen molar-refractivity contribution in [1.29, 1.82) is 0 Å². The van der Waals surface area contributed by atoms with E-state index in [4.69, 9.17) is 9.47 Å². The summed E-state index contributed by atoms with van der Waals surface area (Å²) < 4.78 is 11.7. The molecule has 1 aliphatic heterocycles. The molecule has 106 valence electrons. The molecule has 0 radical (unpaired) electrons. The van der Waals surface area contributed by atoms with Crippen molar-refractivity contribution < 1.29 is 9.47 Å². The standard InChI is InChI=1S/C16H25NO2/c1-3-17-12-16(14-6-4-13(2)5-7-14)19-15-8-10-18-11-9-15/h4-7,15-17H,3,8-12H2,1-2H3. The Morgan fingerprint density at radius 1 is 1.26 bits per heavy atom. The first-order chi connectivity index (χ1) is 9.29. The van der Waals surface area contributed by atoms with Crippen LogP contribution < -0.4 is 5.32 Å². The summed E-state index contributed by atoms with van der Waals surface area (Å²) in [5.41, 5.74) is 2.55. The van der Waals surface area contributed by atoms with Gasteiger partial charge in [0.1, 0.15) is 0 Å². The largest absolute Gasteiger partial charge is 0.381 e. The Balaban J connectivity index is 1.99. The van der Waals surface area contributed by atoms with Crippen LogP contribution in [0, 0.1) is 6.92 Å². The summed E-state index contributed by atoms with van der Waals surface area (Å²) in [6, 6.07) is 8.66. The van der Waals surface area contributed by atoms with Gasteiger partial charge in [0.2, 0.25) is 0 Å². The number of hydrogen-bond acceptors (Lipinski definition) is 3. The summed E-state index contributed by atoms with van der Waals surface area (Å²) in [5, 5.41) is 3.39. The maximum atomic E-state index is 6.28. The van der Waals surface area contributed by atoms with Gasteiger partial charge in [-0.05, 0) is 31.9 Å². The normalized spacial score (nSPS) is 18.4. The molecule has 0 amide bonds. The predicted octanol–water partition coefficient (Wildman–Crippen LogP) is 2.84. The zero-order valence-corrected chi connectivity index (χ0v) is 12.0. The molecular weight excluding hydrogens is 238 g/mol. The van der Waals surface area contributed by atoms with Gasteiger partial charge in [-0.25, -0.2) is 0 Å². The number of nitrogens with one attached hydrogen (secondary N) is 1. The lowest BCUT2D eigenvalue weighted by Crippen LogP contribution is -2.30. The molecule has 1 fully saturated rings. The van der Waals surface area contributed by atoms with Crippen LogP contribution in [0.15, 0.2) is 24.3 Å². The van der Waals surface area contributed by atoms with E-state index < -0.39 is 0 Å². The molecule has 1 atom stereocenters. The zero-order chi connectivity index (χ0) is 13.5. The van der Waals surface area contributed by atoms with Crippen molar-refractivity contribution in [2.75, 3.05) is 26.3 Å². The van der Waals surface area contributed by atoms with Crippen molar-refractivity contribution >= 4 is 0 Å². The molecule has 3 heteroatoms. The lowest BCUT2D eigenvalue weighted by molar-refractivity contribution is -0.0687. The summed E-state index contributed by atoms with van der Waals surface area (Å²) in [6.07, 6.45) is 2.49. The molecule has 0 aliphatic carbocycles. The molecular formula is C16H25NO2. The van der Waals surface area contributed by atoms with Crippen LogP contribution in [-0.2, 0) is 9.47 Å². The molecule has 1 aromatic rings. The number of ether oxygens (including phenoxy) is 2. The van der Waals surface area contributed by atoms with E-state index in [9.17, 15) is 0 Å². The third-order valence-corrected chi connectivity index (χ3v) is 3.55. The number of benzene rings is 1. The number of rotatable bonds is 6. The first-order valence-corrected chi connectivity index (χ1v) is 7.30. The van der Waals surface area contributed by atoms with E-state index in [0.29, 0.717) is 6.10 Å². The minimum absolute atomic E-state index is 0.142. The minimum Gasteiger partial charge on any atom is -0.381 e. The van der Waals surface area contributed by atoms with Crippen molar-refractivity contribution in [1.82, 2.24) is 5.32 Å².